The van der Waals surface area contributed by atoms with Gasteiger partial charge in [0.25, 0.3) is 0 Å². The molecule has 2 N–H and O–H groups in total. The van der Waals surface area contributed by atoms with Crippen molar-refractivity contribution >= 4 is 9.84 Å². The summed E-state index contributed by atoms with van der Waals surface area (Å²) in [6, 6.07) is 1.49. The molecule has 5 heteroatoms. The van der Waals surface area contributed by atoms with Crippen LogP contribution in [0.2, 0.25) is 0 Å². The van der Waals surface area contributed by atoms with Gasteiger partial charge in [0.1, 0.15) is 9.84 Å². The Morgan fingerprint density at radius 1 is 1.00 bits per heavy atom. The third-order valence-corrected chi connectivity index (χ3v) is 6.40. The van der Waals surface area contributed by atoms with E-state index in [1.165, 1.54) is 12.8 Å². The molecule has 0 amide bonds. The summed E-state index contributed by atoms with van der Waals surface area (Å²) in [6.45, 7) is 3.31. The molecule has 1 heterocycles. The second-order valence-electron chi connectivity index (χ2n) is 6.19. The summed E-state index contributed by atoms with van der Waals surface area (Å²) in [6.07, 6.45) is 7.40. The van der Waals surface area contributed by atoms with Gasteiger partial charge in [0.15, 0.2) is 0 Å². The Balaban J connectivity index is 1.96. The fourth-order valence-corrected chi connectivity index (χ4v) is 5.03. The topological polar surface area (TPSA) is 63.4 Å². The highest BCUT2D eigenvalue weighted by molar-refractivity contribution is 7.91. The van der Waals surface area contributed by atoms with Crippen LogP contribution in [-0.4, -0.2) is 49.5 Å². The first-order chi connectivity index (χ1) is 9.02. The van der Waals surface area contributed by atoms with Gasteiger partial charge in [-0.1, -0.05) is 6.92 Å². The number of hydrogen-bond donors (Lipinski definition) is 1. The van der Waals surface area contributed by atoms with Crippen LogP contribution in [0.4, 0.5) is 0 Å². The number of rotatable bonds is 4. The van der Waals surface area contributed by atoms with E-state index in [4.69, 9.17) is 5.73 Å². The van der Waals surface area contributed by atoms with Gasteiger partial charge in [0.2, 0.25) is 0 Å². The lowest BCUT2D eigenvalue weighted by molar-refractivity contribution is 0.0929. The lowest BCUT2D eigenvalue weighted by Gasteiger charge is -2.42. The molecule has 0 aromatic rings. The van der Waals surface area contributed by atoms with Crippen molar-refractivity contribution in [2.75, 3.05) is 18.1 Å². The predicted octanol–water partition coefficient (Wildman–Crippen LogP) is 1.55. The molecule has 2 aliphatic rings. The molecule has 0 aromatic heterocycles. The molecule has 4 nitrogen and oxygen atoms in total. The Labute approximate surface area is 117 Å². The Morgan fingerprint density at radius 2 is 1.53 bits per heavy atom. The average Bonchev–Trinajstić information content (AvgIpc) is 2.38. The van der Waals surface area contributed by atoms with Crippen molar-refractivity contribution in [3.8, 4) is 0 Å². The van der Waals surface area contributed by atoms with E-state index in [0.29, 0.717) is 29.6 Å². The van der Waals surface area contributed by atoms with Crippen molar-refractivity contribution in [1.29, 1.82) is 0 Å². The summed E-state index contributed by atoms with van der Waals surface area (Å²) in [5, 5.41) is 0. The molecule has 0 aromatic carbocycles. The van der Waals surface area contributed by atoms with Gasteiger partial charge < -0.3 is 5.73 Å². The van der Waals surface area contributed by atoms with Crippen molar-refractivity contribution in [3.05, 3.63) is 0 Å². The molecule has 0 spiro atoms. The lowest BCUT2D eigenvalue weighted by Crippen LogP contribution is -2.49. The first-order valence-electron chi connectivity index (χ1n) is 7.73. The zero-order valence-corrected chi connectivity index (χ0v) is 12.9. The van der Waals surface area contributed by atoms with Crippen LogP contribution >= 0.6 is 0 Å². The predicted molar refractivity (Wildman–Crippen MR) is 78.9 cm³/mol. The molecule has 0 radical (unpaired) electrons. The lowest BCUT2D eigenvalue weighted by atomic mass is 9.89. The first kappa shape index (κ1) is 15.3. The van der Waals surface area contributed by atoms with E-state index in [1.54, 1.807) is 0 Å². The molecule has 19 heavy (non-hydrogen) atoms. The van der Waals surface area contributed by atoms with Crippen LogP contribution in [0.25, 0.3) is 0 Å². The third-order valence-electron chi connectivity index (χ3n) is 4.69. The largest absolute Gasteiger partial charge is 0.328 e. The minimum atomic E-state index is -2.75. The standard InChI is InChI=1S/C14H28N2O2S/c1-2-9-16(13-5-3-12(15)4-6-13)14-7-10-19(17,18)11-8-14/h12-14H,2-11,15H2,1H3. The van der Waals surface area contributed by atoms with Gasteiger partial charge in [0.05, 0.1) is 11.5 Å². The normalized spacial score (nSPS) is 32.6. The van der Waals surface area contributed by atoms with E-state index in [2.05, 4.69) is 11.8 Å². The highest BCUT2D eigenvalue weighted by Crippen LogP contribution is 2.28. The van der Waals surface area contributed by atoms with Crippen molar-refractivity contribution in [1.82, 2.24) is 4.90 Å². The molecule has 1 aliphatic heterocycles. The van der Waals surface area contributed by atoms with Crippen molar-refractivity contribution in [2.24, 2.45) is 5.73 Å². The second kappa shape index (κ2) is 6.55. The van der Waals surface area contributed by atoms with E-state index >= 15 is 0 Å². The molecule has 112 valence electrons. The molecule has 2 fully saturated rings. The van der Waals surface area contributed by atoms with E-state index in [0.717, 1.165) is 38.6 Å². The maximum atomic E-state index is 11.6. The van der Waals surface area contributed by atoms with Crippen LogP contribution in [0.3, 0.4) is 0 Å². The summed E-state index contributed by atoms with van der Waals surface area (Å²) in [4.78, 5) is 2.60. The van der Waals surface area contributed by atoms with Crippen LogP contribution in [0.5, 0.6) is 0 Å². The highest BCUT2D eigenvalue weighted by atomic mass is 32.2. The molecule has 1 aliphatic carbocycles. The second-order valence-corrected chi connectivity index (χ2v) is 8.49. The summed E-state index contributed by atoms with van der Waals surface area (Å²) in [7, 11) is -2.75. The van der Waals surface area contributed by atoms with E-state index < -0.39 is 9.84 Å². The summed E-state index contributed by atoms with van der Waals surface area (Å²) < 4.78 is 23.1. The minimum absolute atomic E-state index is 0.379. The van der Waals surface area contributed by atoms with Crippen LogP contribution in [0.1, 0.15) is 51.9 Å². The van der Waals surface area contributed by atoms with E-state index in [1.807, 2.05) is 0 Å². The molecule has 0 bridgehead atoms. The molecular weight excluding hydrogens is 260 g/mol. The van der Waals surface area contributed by atoms with Gasteiger partial charge in [-0.05, 0) is 51.5 Å². The molecule has 2 rings (SSSR count). The maximum absolute atomic E-state index is 11.6. The molecule has 1 saturated heterocycles. The van der Waals surface area contributed by atoms with Crippen LogP contribution in [0.15, 0.2) is 0 Å². The summed E-state index contributed by atoms with van der Waals surface area (Å²) in [5.41, 5.74) is 5.99. The average molecular weight is 288 g/mol. The van der Waals surface area contributed by atoms with Gasteiger partial charge in [-0.15, -0.1) is 0 Å². The molecule has 0 atom stereocenters. The number of nitrogens with two attached hydrogens (primary N) is 1. The molecular formula is C14H28N2O2S. The van der Waals surface area contributed by atoms with Crippen LogP contribution in [-0.2, 0) is 9.84 Å². The van der Waals surface area contributed by atoms with E-state index in [9.17, 15) is 8.42 Å². The zero-order chi connectivity index (χ0) is 13.9. The Bertz CT molecular complexity index is 361. The van der Waals surface area contributed by atoms with Gasteiger partial charge >= 0.3 is 0 Å². The van der Waals surface area contributed by atoms with Crippen molar-refractivity contribution in [2.45, 2.75) is 70.0 Å². The highest BCUT2D eigenvalue weighted by Gasteiger charge is 2.32. The fourth-order valence-electron chi connectivity index (χ4n) is 3.56. The Kier molecular flexibility index (Phi) is 5.26. The van der Waals surface area contributed by atoms with Gasteiger partial charge in [-0.2, -0.15) is 0 Å². The zero-order valence-electron chi connectivity index (χ0n) is 12.1. The van der Waals surface area contributed by atoms with Gasteiger partial charge in [-0.3, -0.25) is 4.90 Å². The monoisotopic (exact) mass is 288 g/mol. The number of hydrogen-bond acceptors (Lipinski definition) is 4. The van der Waals surface area contributed by atoms with E-state index in [-0.39, 0.29) is 0 Å². The fraction of sp³-hybridized carbons (Fsp3) is 1.00. The maximum Gasteiger partial charge on any atom is 0.150 e. The van der Waals surface area contributed by atoms with Gasteiger partial charge in [-0.25, -0.2) is 8.42 Å². The quantitative estimate of drug-likeness (QED) is 0.852. The smallest absolute Gasteiger partial charge is 0.150 e. The minimum Gasteiger partial charge on any atom is -0.328 e. The Hall–Kier alpha value is -0.130. The number of sulfone groups is 1. The summed E-state index contributed by atoms with van der Waals surface area (Å²) in [5.74, 6) is 0.758. The van der Waals surface area contributed by atoms with Crippen LogP contribution < -0.4 is 5.73 Å². The Morgan fingerprint density at radius 3 is 2.05 bits per heavy atom. The SMILES string of the molecule is CCCN(C1CCC(N)CC1)C1CCS(=O)(=O)CC1. The van der Waals surface area contributed by atoms with Crippen LogP contribution in [0, 0.1) is 0 Å². The van der Waals surface area contributed by atoms with Gasteiger partial charge in [0, 0.05) is 18.1 Å². The molecule has 1 saturated carbocycles. The van der Waals surface area contributed by atoms with Crippen molar-refractivity contribution < 1.29 is 8.42 Å². The van der Waals surface area contributed by atoms with Crippen molar-refractivity contribution in [3.63, 3.8) is 0 Å². The summed E-state index contributed by atoms with van der Waals surface area (Å²) >= 11 is 0. The first-order valence-corrected chi connectivity index (χ1v) is 9.55. The third kappa shape index (κ3) is 4.17. The molecule has 0 unspecified atom stereocenters. The number of nitrogens with zero attached hydrogens (tertiary/aromatic N) is 1.